The Bertz CT molecular complexity index is 1030. The Morgan fingerprint density at radius 3 is 2.18 bits per heavy atom. The van der Waals surface area contributed by atoms with Gasteiger partial charge in [-0.15, -0.1) is 11.8 Å². The first-order valence-corrected chi connectivity index (χ1v) is 12.6. The van der Waals surface area contributed by atoms with Crippen molar-refractivity contribution in [2.24, 2.45) is 0 Å². The van der Waals surface area contributed by atoms with E-state index in [0.29, 0.717) is 30.3 Å². The van der Waals surface area contributed by atoms with Crippen LogP contribution in [0.1, 0.15) is 23.6 Å². The average Bonchev–Trinajstić information content (AvgIpc) is 2.83. The summed E-state index contributed by atoms with van der Waals surface area (Å²) in [6, 6.07) is 26.7. The van der Waals surface area contributed by atoms with Crippen molar-refractivity contribution in [1.82, 2.24) is 10.2 Å². The molecule has 0 saturated heterocycles. The molecule has 0 aliphatic rings. The lowest BCUT2D eigenvalue weighted by molar-refractivity contribution is -0.139. The highest BCUT2D eigenvalue weighted by molar-refractivity contribution is 7.99. The Kier molecular flexibility index (Phi) is 9.85. The first kappa shape index (κ1) is 24.9. The van der Waals surface area contributed by atoms with Crippen molar-refractivity contribution in [3.63, 3.8) is 0 Å². The van der Waals surface area contributed by atoms with Crippen molar-refractivity contribution in [2.45, 2.75) is 31.7 Å². The summed E-state index contributed by atoms with van der Waals surface area (Å²) in [7, 11) is 0. The third-order valence-electron chi connectivity index (χ3n) is 5.20. The van der Waals surface area contributed by atoms with Gasteiger partial charge in [-0.2, -0.15) is 0 Å². The quantitative estimate of drug-likeness (QED) is 0.402. The van der Waals surface area contributed by atoms with Crippen LogP contribution < -0.4 is 5.32 Å². The number of nitrogens with zero attached hydrogens (tertiary/aromatic N) is 1. The molecule has 0 heterocycles. The number of rotatable bonds is 11. The van der Waals surface area contributed by atoms with Gasteiger partial charge in [0.25, 0.3) is 0 Å². The van der Waals surface area contributed by atoms with Gasteiger partial charge in [0.15, 0.2) is 0 Å². The number of halogens is 1. The largest absolute Gasteiger partial charge is 0.355 e. The molecule has 4 nitrogen and oxygen atoms in total. The fourth-order valence-corrected chi connectivity index (χ4v) is 4.67. The van der Waals surface area contributed by atoms with Crippen LogP contribution in [-0.2, 0) is 28.3 Å². The molecule has 3 rings (SSSR count). The second-order valence-corrected chi connectivity index (χ2v) is 9.15. The Balaban J connectivity index is 1.82. The Morgan fingerprint density at radius 2 is 1.55 bits per heavy atom. The van der Waals surface area contributed by atoms with Gasteiger partial charge in [0, 0.05) is 30.3 Å². The van der Waals surface area contributed by atoms with Gasteiger partial charge in [0.05, 0.1) is 5.75 Å². The summed E-state index contributed by atoms with van der Waals surface area (Å²) in [6.07, 6.45) is 0.447. The summed E-state index contributed by atoms with van der Waals surface area (Å²) in [5.41, 5.74) is 3.07. The molecule has 3 aromatic rings. The third kappa shape index (κ3) is 7.95. The van der Waals surface area contributed by atoms with Gasteiger partial charge in [-0.25, -0.2) is 0 Å². The smallest absolute Gasteiger partial charge is 0.243 e. The zero-order valence-electron chi connectivity index (χ0n) is 18.7. The van der Waals surface area contributed by atoms with E-state index >= 15 is 0 Å². The van der Waals surface area contributed by atoms with Gasteiger partial charge in [-0.1, -0.05) is 84.4 Å². The molecular weight excluding hydrogens is 452 g/mol. The maximum absolute atomic E-state index is 13.5. The summed E-state index contributed by atoms with van der Waals surface area (Å²) >= 11 is 7.75. The van der Waals surface area contributed by atoms with E-state index in [1.54, 1.807) is 22.7 Å². The minimum atomic E-state index is -0.615. The van der Waals surface area contributed by atoms with Gasteiger partial charge in [-0.05, 0) is 35.7 Å². The van der Waals surface area contributed by atoms with Crippen molar-refractivity contribution in [1.29, 1.82) is 0 Å². The second-order valence-electron chi connectivity index (χ2n) is 7.73. The summed E-state index contributed by atoms with van der Waals surface area (Å²) < 4.78 is 0. The number of nitrogens with one attached hydrogen (secondary N) is 1. The lowest BCUT2D eigenvalue weighted by atomic mass is 10.0. The van der Waals surface area contributed by atoms with E-state index in [9.17, 15) is 9.59 Å². The van der Waals surface area contributed by atoms with Crippen LogP contribution in [-0.4, -0.2) is 35.1 Å². The first-order valence-electron chi connectivity index (χ1n) is 11.0. The molecule has 1 atom stereocenters. The zero-order chi connectivity index (χ0) is 23.5. The highest BCUT2D eigenvalue weighted by Gasteiger charge is 2.30. The monoisotopic (exact) mass is 480 g/mol. The molecule has 0 bridgehead atoms. The van der Waals surface area contributed by atoms with E-state index in [4.69, 9.17) is 11.6 Å². The molecule has 0 unspecified atom stereocenters. The lowest BCUT2D eigenvalue weighted by Crippen LogP contribution is -2.51. The third-order valence-corrected chi connectivity index (χ3v) is 6.42. The van der Waals surface area contributed by atoms with Crippen LogP contribution in [0.5, 0.6) is 0 Å². The normalized spacial score (nSPS) is 11.6. The number of thioether (sulfide) groups is 1. The van der Waals surface area contributed by atoms with Crippen LogP contribution in [0.25, 0.3) is 0 Å². The molecule has 33 heavy (non-hydrogen) atoms. The SMILES string of the molecule is CCNC(=O)[C@H](Cc1ccccc1)N(Cc1cccc(Cl)c1)C(=O)CSCc1ccccc1. The van der Waals surface area contributed by atoms with Crippen molar-refractivity contribution >= 4 is 35.2 Å². The van der Waals surface area contributed by atoms with Crippen LogP contribution in [0.4, 0.5) is 0 Å². The molecule has 0 aliphatic carbocycles. The van der Waals surface area contributed by atoms with E-state index in [0.717, 1.165) is 16.9 Å². The number of likely N-dealkylation sites (N-methyl/N-ethyl adjacent to an activating group) is 1. The van der Waals surface area contributed by atoms with Crippen molar-refractivity contribution in [3.05, 3.63) is 107 Å². The van der Waals surface area contributed by atoms with Gasteiger partial charge in [0.1, 0.15) is 6.04 Å². The second kappa shape index (κ2) is 13.1. The summed E-state index contributed by atoms with van der Waals surface area (Å²) in [4.78, 5) is 28.3. The van der Waals surface area contributed by atoms with Crippen molar-refractivity contribution in [3.8, 4) is 0 Å². The highest BCUT2D eigenvalue weighted by Crippen LogP contribution is 2.20. The Labute approximate surface area is 205 Å². The Morgan fingerprint density at radius 1 is 0.909 bits per heavy atom. The average molecular weight is 481 g/mol. The van der Waals surface area contributed by atoms with Crippen molar-refractivity contribution in [2.75, 3.05) is 12.3 Å². The molecule has 0 radical (unpaired) electrons. The maximum atomic E-state index is 13.5. The fourth-order valence-electron chi connectivity index (χ4n) is 3.59. The molecule has 0 saturated carbocycles. The fraction of sp³-hybridized carbons (Fsp3) is 0.259. The summed E-state index contributed by atoms with van der Waals surface area (Å²) in [5, 5.41) is 3.52. The minimum Gasteiger partial charge on any atom is -0.355 e. The predicted molar refractivity (Wildman–Crippen MR) is 137 cm³/mol. The van der Waals surface area contributed by atoms with E-state index in [2.05, 4.69) is 5.32 Å². The first-order chi connectivity index (χ1) is 16.1. The molecule has 2 amide bonds. The van der Waals surface area contributed by atoms with E-state index in [1.165, 1.54) is 5.56 Å². The molecule has 3 aromatic carbocycles. The zero-order valence-corrected chi connectivity index (χ0v) is 20.3. The number of amides is 2. The Hall–Kier alpha value is -2.76. The topological polar surface area (TPSA) is 49.4 Å². The molecule has 0 fully saturated rings. The molecule has 1 N–H and O–H groups in total. The van der Waals surface area contributed by atoms with E-state index in [-0.39, 0.29) is 11.8 Å². The standard InChI is InChI=1S/C27H29ClN2O2S/c1-2-29-27(32)25(17-21-10-5-3-6-11-21)30(18-23-14-9-15-24(28)16-23)26(31)20-33-19-22-12-7-4-8-13-22/h3-16,25H,2,17-20H2,1H3,(H,29,32)/t25-/m0/s1. The summed E-state index contributed by atoms with van der Waals surface area (Å²) in [5.74, 6) is 0.815. The van der Waals surface area contributed by atoms with E-state index in [1.807, 2.05) is 85.8 Å². The van der Waals surface area contributed by atoms with Crippen LogP contribution in [0, 0.1) is 0 Å². The molecule has 0 spiro atoms. The molecule has 0 aromatic heterocycles. The van der Waals surface area contributed by atoms with Crippen LogP contribution >= 0.6 is 23.4 Å². The van der Waals surface area contributed by atoms with Gasteiger partial charge in [-0.3, -0.25) is 9.59 Å². The number of carbonyl (C=O) groups is 2. The highest BCUT2D eigenvalue weighted by atomic mass is 35.5. The minimum absolute atomic E-state index is 0.0666. The number of hydrogen-bond acceptors (Lipinski definition) is 3. The maximum Gasteiger partial charge on any atom is 0.243 e. The van der Waals surface area contributed by atoms with Gasteiger partial charge in [0.2, 0.25) is 11.8 Å². The number of hydrogen-bond donors (Lipinski definition) is 1. The summed E-state index contributed by atoms with van der Waals surface area (Å²) in [6.45, 7) is 2.71. The molecule has 6 heteroatoms. The number of carbonyl (C=O) groups excluding carboxylic acids is 2. The van der Waals surface area contributed by atoms with Crippen LogP contribution in [0.2, 0.25) is 5.02 Å². The van der Waals surface area contributed by atoms with Crippen LogP contribution in [0.3, 0.4) is 0 Å². The van der Waals surface area contributed by atoms with Gasteiger partial charge >= 0.3 is 0 Å². The predicted octanol–water partition coefficient (Wildman–Crippen LogP) is 5.35. The number of benzene rings is 3. The van der Waals surface area contributed by atoms with Gasteiger partial charge < -0.3 is 10.2 Å². The van der Waals surface area contributed by atoms with Crippen molar-refractivity contribution < 1.29 is 9.59 Å². The molecule has 172 valence electrons. The lowest BCUT2D eigenvalue weighted by Gasteiger charge is -2.31. The van der Waals surface area contributed by atoms with E-state index < -0.39 is 6.04 Å². The molecule has 0 aliphatic heterocycles. The molecular formula is C27H29ClN2O2S. The van der Waals surface area contributed by atoms with Crippen LogP contribution in [0.15, 0.2) is 84.9 Å².